The first kappa shape index (κ1) is 20.1. The molecule has 3 rings (SSSR count). The van der Waals surface area contributed by atoms with Crippen molar-refractivity contribution in [1.82, 2.24) is 9.78 Å². The van der Waals surface area contributed by atoms with Gasteiger partial charge in [-0.3, -0.25) is 4.68 Å². The third-order valence-corrected chi connectivity index (χ3v) is 5.90. The Labute approximate surface area is 182 Å². The summed E-state index contributed by atoms with van der Waals surface area (Å²) >= 11 is 21.1. The highest BCUT2D eigenvalue weighted by Gasteiger charge is 2.09. The molecule has 0 fully saturated rings. The van der Waals surface area contributed by atoms with Gasteiger partial charge < -0.3 is 10.6 Å². The Morgan fingerprint density at radius 3 is 2.63 bits per heavy atom. The van der Waals surface area contributed by atoms with Gasteiger partial charge in [-0.05, 0) is 77.9 Å². The molecule has 1 aromatic heterocycles. The summed E-state index contributed by atoms with van der Waals surface area (Å²) in [6, 6.07) is 13.2. The Morgan fingerprint density at radius 1 is 1.15 bits per heavy atom. The molecule has 0 aliphatic rings. The Hall–Kier alpha value is -1.60. The molecule has 0 saturated heterocycles. The van der Waals surface area contributed by atoms with E-state index >= 15 is 0 Å². The summed E-state index contributed by atoms with van der Waals surface area (Å²) in [6.07, 6.45) is 0. The van der Waals surface area contributed by atoms with E-state index in [4.69, 9.17) is 35.4 Å². The number of aryl methyl sites for hydroxylation is 1. The number of thiocarbonyl (C=S) groups is 1. The zero-order chi connectivity index (χ0) is 19.6. The van der Waals surface area contributed by atoms with Crippen LogP contribution in [0.4, 0.5) is 11.4 Å². The SMILES string of the molecule is Cc1nn(Cc2cccc(NC(=S)Nc3cc(Cl)ccc3Cl)c2)c(C)c1Br. The van der Waals surface area contributed by atoms with Crippen LogP contribution in [0.5, 0.6) is 0 Å². The minimum absolute atomic E-state index is 0.435. The van der Waals surface area contributed by atoms with E-state index in [0.29, 0.717) is 27.4 Å². The molecule has 0 amide bonds. The minimum Gasteiger partial charge on any atom is -0.332 e. The second kappa shape index (κ2) is 8.61. The van der Waals surface area contributed by atoms with Gasteiger partial charge in [-0.25, -0.2) is 0 Å². The molecule has 1 heterocycles. The summed E-state index contributed by atoms with van der Waals surface area (Å²) in [6.45, 7) is 4.70. The zero-order valence-electron chi connectivity index (χ0n) is 14.7. The van der Waals surface area contributed by atoms with Crippen LogP contribution in [0, 0.1) is 13.8 Å². The largest absolute Gasteiger partial charge is 0.332 e. The van der Waals surface area contributed by atoms with Crippen molar-refractivity contribution in [3.8, 4) is 0 Å². The number of halogens is 3. The number of benzene rings is 2. The molecule has 0 unspecified atom stereocenters. The Morgan fingerprint density at radius 2 is 1.93 bits per heavy atom. The van der Waals surface area contributed by atoms with Gasteiger partial charge in [0.15, 0.2) is 5.11 Å². The number of hydrogen-bond donors (Lipinski definition) is 2. The predicted molar refractivity (Wildman–Crippen MR) is 121 cm³/mol. The van der Waals surface area contributed by atoms with Crippen LogP contribution in [0.25, 0.3) is 0 Å². The fraction of sp³-hybridized carbons (Fsp3) is 0.158. The summed E-state index contributed by atoms with van der Waals surface area (Å²) in [4.78, 5) is 0. The third-order valence-electron chi connectivity index (χ3n) is 3.99. The van der Waals surface area contributed by atoms with Crippen molar-refractivity contribution >= 4 is 67.8 Å². The van der Waals surface area contributed by atoms with E-state index in [9.17, 15) is 0 Å². The van der Waals surface area contributed by atoms with Crippen LogP contribution in [0.2, 0.25) is 10.0 Å². The number of nitrogens with one attached hydrogen (secondary N) is 2. The lowest BCUT2D eigenvalue weighted by molar-refractivity contribution is 0.659. The molecule has 2 aromatic carbocycles. The lowest BCUT2D eigenvalue weighted by Gasteiger charge is -2.13. The van der Waals surface area contributed by atoms with Crippen LogP contribution < -0.4 is 10.6 Å². The van der Waals surface area contributed by atoms with Gasteiger partial charge in [-0.15, -0.1) is 0 Å². The van der Waals surface area contributed by atoms with Crippen LogP contribution >= 0.6 is 51.3 Å². The average molecular weight is 484 g/mol. The highest BCUT2D eigenvalue weighted by Crippen LogP contribution is 2.26. The molecule has 0 bridgehead atoms. The van der Waals surface area contributed by atoms with Crippen molar-refractivity contribution in [2.24, 2.45) is 0 Å². The average Bonchev–Trinajstić information content (AvgIpc) is 2.85. The Kier molecular flexibility index (Phi) is 6.42. The van der Waals surface area contributed by atoms with Crippen LogP contribution in [-0.4, -0.2) is 14.9 Å². The first-order chi connectivity index (χ1) is 12.8. The predicted octanol–water partition coefficient (Wildman–Crippen LogP) is 6.43. The van der Waals surface area contributed by atoms with E-state index < -0.39 is 0 Å². The fourth-order valence-electron chi connectivity index (χ4n) is 2.63. The lowest BCUT2D eigenvalue weighted by Crippen LogP contribution is -2.19. The van der Waals surface area contributed by atoms with E-state index in [2.05, 4.69) is 37.7 Å². The number of anilines is 2. The van der Waals surface area contributed by atoms with Crippen LogP contribution in [0.3, 0.4) is 0 Å². The Bertz CT molecular complexity index is 1000. The summed E-state index contributed by atoms with van der Waals surface area (Å²) in [7, 11) is 0. The topological polar surface area (TPSA) is 41.9 Å². The van der Waals surface area contributed by atoms with E-state index in [1.54, 1.807) is 18.2 Å². The first-order valence-corrected chi connectivity index (χ1v) is 10.1. The maximum atomic E-state index is 6.17. The van der Waals surface area contributed by atoms with Crippen molar-refractivity contribution in [2.45, 2.75) is 20.4 Å². The summed E-state index contributed by atoms with van der Waals surface area (Å²) in [5, 5.41) is 12.4. The van der Waals surface area contributed by atoms with Crippen molar-refractivity contribution in [3.05, 3.63) is 73.9 Å². The maximum Gasteiger partial charge on any atom is 0.175 e. The van der Waals surface area contributed by atoms with E-state index in [0.717, 1.165) is 27.1 Å². The molecule has 8 heteroatoms. The monoisotopic (exact) mass is 482 g/mol. The standard InChI is InChI=1S/C19H17BrCl2N4S/c1-11-18(20)12(2)26(25-11)10-13-4-3-5-15(8-13)23-19(27)24-17-9-14(21)6-7-16(17)22/h3-9H,10H2,1-2H3,(H2,23,24,27). The minimum atomic E-state index is 0.435. The molecule has 27 heavy (non-hydrogen) atoms. The highest BCUT2D eigenvalue weighted by molar-refractivity contribution is 9.10. The first-order valence-electron chi connectivity index (χ1n) is 8.15. The number of aromatic nitrogens is 2. The van der Waals surface area contributed by atoms with Gasteiger partial charge in [0, 0.05) is 10.7 Å². The van der Waals surface area contributed by atoms with Gasteiger partial charge in [0.25, 0.3) is 0 Å². The second-order valence-corrected chi connectivity index (χ2v) is 8.09. The molecule has 0 atom stereocenters. The van der Waals surface area contributed by atoms with E-state index in [1.165, 1.54) is 0 Å². The van der Waals surface area contributed by atoms with Crippen molar-refractivity contribution in [3.63, 3.8) is 0 Å². The molecular formula is C19H17BrCl2N4S. The van der Waals surface area contributed by atoms with Gasteiger partial charge in [-0.1, -0.05) is 35.3 Å². The molecule has 4 nitrogen and oxygen atoms in total. The van der Waals surface area contributed by atoms with Crippen LogP contribution in [0.1, 0.15) is 17.0 Å². The molecule has 140 valence electrons. The van der Waals surface area contributed by atoms with Gasteiger partial charge in [-0.2, -0.15) is 5.10 Å². The van der Waals surface area contributed by atoms with Crippen LogP contribution in [0.15, 0.2) is 46.9 Å². The van der Waals surface area contributed by atoms with E-state index in [1.807, 2.05) is 36.7 Å². The molecule has 0 radical (unpaired) electrons. The number of rotatable bonds is 4. The second-order valence-electron chi connectivity index (χ2n) is 6.05. The van der Waals surface area contributed by atoms with Gasteiger partial charge in [0.1, 0.15) is 0 Å². The summed E-state index contributed by atoms with van der Waals surface area (Å²) in [5.74, 6) is 0. The quantitative estimate of drug-likeness (QED) is 0.419. The molecule has 0 saturated carbocycles. The van der Waals surface area contributed by atoms with E-state index in [-0.39, 0.29) is 0 Å². The van der Waals surface area contributed by atoms with Gasteiger partial charge in [0.2, 0.25) is 0 Å². The zero-order valence-corrected chi connectivity index (χ0v) is 18.6. The molecule has 2 N–H and O–H groups in total. The molecule has 0 spiro atoms. The third kappa shape index (κ3) is 5.02. The number of nitrogens with zero attached hydrogens (tertiary/aromatic N) is 2. The normalized spacial score (nSPS) is 10.7. The lowest BCUT2D eigenvalue weighted by atomic mass is 10.2. The molecular weight excluding hydrogens is 467 g/mol. The van der Waals surface area contributed by atoms with Crippen molar-refractivity contribution in [2.75, 3.05) is 10.6 Å². The summed E-state index contributed by atoms with van der Waals surface area (Å²) in [5.41, 5.74) is 4.72. The maximum absolute atomic E-state index is 6.17. The molecule has 0 aliphatic carbocycles. The Balaban J connectivity index is 1.71. The van der Waals surface area contributed by atoms with Crippen molar-refractivity contribution < 1.29 is 0 Å². The highest BCUT2D eigenvalue weighted by atomic mass is 79.9. The van der Waals surface area contributed by atoms with Gasteiger partial charge in [0.05, 0.1) is 33.1 Å². The molecule has 3 aromatic rings. The van der Waals surface area contributed by atoms with Crippen LogP contribution in [-0.2, 0) is 6.54 Å². The number of hydrogen-bond acceptors (Lipinski definition) is 2. The summed E-state index contributed by atoms with van der Waals surface area (Å²) < 4.78 is 3.02. The van der Waals surface area contributed by atoms with Gasteiger partial charge >= 0.3 is 0 Å². The fourth-order valence-corrected chi connectivity index (χ4v) is 3.48. The molecule has 0 aliphatic heterocycles. The smallest absolute Gasteiger partial charge is 0.175 e. The van der Waals surface area contributed by atoms with Crippen molar-refractivity contribution in [1.29, 1.82) is 0 Å².